The van der Waals surface area contributed by atoms with Crippen LogP contribution in [-0.2, 0) is 33.4 Å². The van der Waals surface area contributed by atoms with Crippen LogP contribution in [0.1, 0.15) is 61.3 Å². The van der Waals surface area contributed by atoms with Gasteiger partial charge in [0.2, 0.25) is 11.8 Å². The van der Waals surface area contributed by atoms with Gasteiger partial charge in [0.15, 0.2) is 0 Å². The maximum Gasteiger partial charge on any atom is 0.408 e. The maximum absolute atomic E-state index is 12.6. The zero-order valence-corrected chi connectivity index (χ0v) is 21.9. The Morgan fingerprint density at radius 1 is 1.09 bits per heavy atom. The number of thioether (sulfide) groups is 1. The van der Waals surface area contributed by atoms with Crippen molar-refractivity contribution in [2.75, 3.05) is 12.9 Å². The molecule has 0 aliphatic carbocycles. The lowest BCUT2D eigenvalue weighted by Gasteiger charge is -2.26. The van der Waals surface area contributed by atoms with Gasteiger partial charge in [0.25, 0.3) is 0 Å². The number of ether oxygens (including phenoxy) is 3. The van der Waals surface area contributed by atoms with Gasteiger partial charge in [-0.1, -0.05) is 6.92 Å². The van der Waals surface area contributed by atoms with Crippen molar-refractivity contribution in [2.24, 2.45) is 0 Å². The number of nitrogens with one attached hydrogen (secondary N) is 3. The lowest BCUT2D eigenvalue weighted by Crippen LogP contribution is -2.52. The number of hydrogen-bond acceptors (Lipinski definition) is 9. The van der Waals surface area contributed by atoms with Gasteiger partial charge in [-0.05, 0) is 48.0 Å². The van der Waals surface area contributed by atoms with E-state index < -0.39 is 59.2 Å². The predicted molar refractivity (Wildman–Crippen MR) is 126 cm³/mol. The molecule has 12 heteroatoms. The Morgan fingerprint density at radius 3 is 2.21 bits per heavy atom. The Bertz CT molecular complexity index is 775. The van der Waals surface area contributed by atoms with Gasteiger partial charge in [0, 0.05) is 17.4 Å². The summed E-state index contributed by atoms with van der Waals surface area (Å²) in [6.07, 6.45) is -1.04. The molecule has 4 atom stereocenters. The molecule has 11 nitrogen and oxygen atoms in total. The fourth-order valence-corrected chi connectivity index (χ4v) is 3.99. The van der Waals surface area contributed by atoms with Crippen molar-refractivity contribution in [1.29, 1.82) is 0 Å². The van der Waals surface area contributed by atoms with Crippen LogP contribution in [-0.4, -0.2) is 77.3 Å². The molecule has 3 amide bonds. The van der Waals surface area contributed by atoms with Gasteiger partial charge in [0.1, 0.15) is 29.3 Å². The fraction of sp³-hybridized carbons (Fsp3) is 0.773. The molecule has 0 spiro atoms. The molecule has 1 rings (SSSR count). The van der Waals surface area contributed by atoms with Crippen molar-refractivity contribution in [3.8, 4) is 0 Å². The first-order chi connectivity index (χ1) is 15.5. The van der Waals surface area contributed by atoms with Crippen LogP contribution >= 0.6 is 11.8 Å². The van der Waals surface area contributed by atoms with Gasteiger partial charge < -0.3 is 30.2 Å². The monoisotopic (exact) mass is 503 g/mol. The van der Waals surface area contributed by atoms with E-state index in [4.69, 9.17) is 14.2 Å². The smallest absolute Gasteiger partial charge is 0.408 e. The molecule has 194 valence electrons. The predicted octanol–water partition coefficient (Wildman–Crippen LogP) is 1.28. The minimum Gasteiger partial charge on any atom is -0.467 e. The number of alkyl carbamates (subject to hydrolysis) is 1. The van der Waals surface area contributed by atoms with E-state index in [9.17, 15) is 24.0 Å². The molecule has 34 heavy (non-hydrogen) atoms. The second-order valence-corrected chi connectivity index (χ2v) is 11.3. The van der Waals surface area contributed by atoms with Crippen LogP contribution in [0, 0.1) is 0 Å². The van der Waals surface area contributed by atoms with E-state index in [1.807, 2.05) is 0 Å². The molecule has 1 aliphatic heterocycles. The van der Waals surface area contributed by atoms with Crippen LogP contribution in [0.5, 0.6) is 0 Å². The van der Waals surface area contributed by atoms with Crippen molar-refractivity contribution in [3.05, 3.63) is 0 Å². The Labute approximate surface area is 204 Å². The van der Waals surface area contributed by atoms with Crippen molar-refractivity contribution >= 4 is 41.6 Å². The summed E-state index contributed by atoms with van der Waals surface area (Å²) in [5.41, 5.74) is -1.57. The molecule has 0 radical (unpaired) electrons. The molecule has 0 aromatic heterocycles. The average molecular weight is 504 g/mol. The van der Waals surface area contributed by atoms with E-state index in [2.05, 4.69) is 16.0 Å². The van der Waals surface area contributed by atoms with Crippen LogP contribution in [0.3, 0.4) is 0 Å². The van der Waals surface area contributed by atoms with Gasteiger partial charge in [-0.15, -0.1) is 0 Å². The summed E-state index contributed by atoms with van der Waals surface area (Å²) in [5, 5.41) is 7.43. The van der Waals surface area contributed by atoms with Gasteiger partial charge in [-0.2, -0.15) is 11.8 Å². The van der Waals surface area contributed by atoms with Crippen LogP contribution in [0.4, 0.5) is 4.79 Å². The lowest BCUT2D eigenvalue weighted by atomic mass is 10.1. The third-order valence-corrected chi connectivity index (χ3v) is 5.77. The van der Waals surface area contributed by atoms with E-state index in [0.717, 1.165) is 0 Å². The Kier molecular flexibility index (Phi) is 10.7. The highest BCUT2D eigenvalue weighted by atomic mass is 32.2. The van der Waals surface area contributed by atoms with Crippen molar-refractivity contribution < 1.29 is 38.2 Å². The molecule has 0 aromatic rings. The van der Waals surface area contributed by atoms with E-state index in [1.165, 1.54) is 18.9 Å². The summed E-state index contributed by atoms with van der Waals surface area (Å²) in [7, 11) is 1.24. The number of amides is 3. The van der Waals surface area contributed by atoms with Crippen LogP contribution < -0.4 is 16.0 Å². The first kappa shape index (κ1) is 29.5. The van der Waals surface area contributed by atoms with Gasteiger partial charge in [0.05, 0.1) is 7.11 Å². The van der Waals surface area contributed by atoms with E-state index in [-0.39, 0.29) is 23.8 Å². The van der Waals surface area contributed by atoms with Gasteiger partial charge >= 0.3 is 18.0 Å². The molecule has 0 aromatic carbocycles. The largest absolute Gasteiger partial charge is 0.467 e. The molecule has 0 saturated carbocycles. The summed E-state index contributed by atoms with van der Waals surface area (Å²) in [6, 6.07) is -2.81. The summed E-state index contributed by atoms with van der Waals surface area (Å²) < 4.78 is 15.3. The second kappa shape index (κ2) is 12.3. The molecule has 1 saturated heterocycles. The summed E-state index contributed by atoms with van der Waals surface area (Å²) in [4.78, 5) is 61.7. The molecule has 3 N–H and O–H groups in total. The highest BCUT2D eigenvalue weighted by Crippen LogP contribution is 2.20. The fourth-order valence-electron chi connectivity index (χ4n) is 2.89. The number of carbonyl (C=O) groups is 5. The minimum absolute atomic E-state index is 0.0668. The van der Waals surface area contributed by atoms with Crippen LogP contribution in [0.15, 0.2) is 0 Å². The third-order valence-electron chi connectivity index (χ3n) is 4.44. The van der Waals surface area contributed by atoms with Crippen molar-refractivity contribution in [1.82, 2.24) is 16.0 Å². The Hall–Kier alpha value is -2.50. The first-order valence-electron chi connectivity index (χ1n) is 11.0. The highest BCUT2D eigenvalue weighted by Gasteiger charge is 2.36. The summed E-state index contributed by atoms with van der Waals surface area (Å²) in [5.74, 6) is -2.00. The number of methoxy groups -OCH3 is 1. The normalized spacial score (nSPS) is 21.9. The SMILES string of the molecule is COC(=O)[C@H]1NC(=O)[C@@H](NC(=O)CC[C@H](NC(=O)OC(C)(C)C)C(=O)OC(C)(C)C)CS[C@H]1C. The zero-order valence-electron chi connectivity index (χ0n) is 21.1. The molecule has 0 bridgehead atoms. The van der Waals surface area contributed by atoms with Gasteiger partial charge in [-0.25, -0.2) is 14.4 Å². The molecular formula is C22H37N3O8S. The van der Waals surface area contributed by atoms with Crippen LogP contribution in [0.2, 0.25) is 0 Å². The molecule has 1 aliphatic rings. The molecule has 0 unspecified atom stereocenters. The average Bonchev–Trinajstić information content (AvgIpc) is 2.81. The standard InChI is InChI=1S/C22H37N3O8S/c1-12-16(19(29)31-8)25-17(27)14(11-34-12)23-15(26)10-9-13(18(28)32-21(2,3)4)24-20(30)33-22(5,6)7/h12-14,16H,9-11H2,1-8H3,(H,23,26)(H,24,30)(H,25,27)/t12-,13-,14-,16-/m0/s1. The molecular weight excluding hydrogens is 466 g/mol. The quantitative estimate of drug-likeness (QED) is 0.345. The minimum atomic E-state index is -1.12. The zero-order chi connectivity index (χ0) is 26.3. The van der Waals surface area contributed by atoms with E-state index in [1.54, 1.807) is 48.5 Å². The first-order valence-corrected chi connectivity index (χ1v) is 12.1. The van der Waals surface area contributed by atoms with Crippen LogP contribution in [0.25, 0.3) is 0 Å². The number of carbonyl (C=O) groups excluding carboxylic acids is 5. The topological polar surface area (TPSA) is 149 Å². The Morgan fingerprint density at radius 2 is 1.68 bits per heavy atom. The van der Waals surface area contributed by atoms with Gasteiger partial charge in [-0.3, -0.25) is 9.59 Å². The Balaban J connectivity index is 2.78. The summed E-state index contributed by atoms with van der Waals surface area (Å²) in [6.45, 7) is 11.9. The second-order valence-electron chi connectivity index (χ2n) is 9.94. The molecule has 1 fully saturated rings. The van der Waals surface area contributed by atoms with E-state index in [0.29, 0.717) is 0 Å². The summed E-state index contributed by atoms with van der Waals surface area (Å²) >= 11 is 1.35. The lowest BCUT2D eigenvalue weighted by molar-refractivity contribution is -0.157. The third kappa shape index (κ3) is 10.6. The van der Waals surface area contributed by atoms with E-state index >= 15 is 0 Å². The number of hydrogen-bond donors (Lipinski definition) is 3. The van der Waals surface area contributed by atoms with Crippen molar-refractivity contribution in [2.45, 2.75) is 95.9 Å². The molecule has 1 heterocycles. The number of esters is 2. The number of rotatable bonds is 7. The maximum atomic E-state index is 12.6. The highest BCUT2D eigenvalue weighted by molar-refractivity contribution is 8.00. The van der Waals surface area contributed by atoms with Crippen molar-refractivity contribution in [3.63, 3.8) is 0 Å².